The van der Waals surface area contributed by atoms with Gasteiger partial charge in [0.2, 0.25) is 0 Å². The quantitative estimate of drug-likeness (QED) is 0.716. The predicted octanol–water partition coefficient (Wildman–Crippen LogP) is 3.48. The summed E-state index contributed by atoms with van der Waals surface area (Å²) in [5.74, 6) is 0. The molecule has 0 aromatic carbocycles. The maximum Gasteiger partial charge on any atom is 0.0944 e. The molecule has 0 bridgehead atoms. The van der Waals surface area contributed by atoms with E-state index in [9.17, 15) is 0 Å². The zero-order valence-electron chi connectivity index (χ0n) is 13.8. The Morgan fingerprint density at radius 2 is 1.85 bits per heavy atom. The highest BCUT2D eigenvalue weighted by atomic mass is 32.1. The molecule has 0 saturated carbocycles. The number of hydrogen-bond donors (Lipinski definition) is 1. The van der Waals surface area contributed by atoms with Crippen LogP contribution in [-0.4, -0.2) is 35.6 Å². The molecule has 1 aromatic rings. The van der Waals surface area contributed by atoms with Crippen LogP contribution in [0.25, 0.3) is 0 Å². The molecule has 0 amide bonds. The zero-order valence-corrected chi connectivity index (χ0v) is 14.6. The molecule has 0 radical (unpaired) electrons. The van der Waals surface area contributed by atoms with E-state index in [4.69, 9.17) is 4.98 Å². The lowest BCUT2D eigenvalue weighted by Gasteiger charge is -2.16. The first-order valence-corrected chi connectivity index (χ1v) is 8.85. The van der Waals surface area contributed by atoms with Crippen LogP contribution >= 0.6 is 11.3 Å². The molecule has 0 aliphatic carbocycles. The summed E-state index contributed by atoms with van der Waals surface area (Å²) in [6.45, 7) is 15.4. The van der Waals surface area contributed by atoms with Crippen molar-refractivity contribution >= 4 is 11.3 Å². The fraction of sp³-hybridized carbons (Fsp3) is 0.812. The van der Waals surface area contributed by atoms with Gasteiger partial charge in [0.25, 0.3) is 0 Å². The normalized spacial score (nSPS) is 11.8. The Balaban J connectivity index is 2.64. The van der Waals surface area contributed by atoms with Crippen molar-refractivity contribution in [3.8, 4) is 0 Å². The van der Waals surface area contributed by atoms with E-state index in [2.05, 4.69) is 44.8 Å². The number of nitrogens with zero attached hydrogens (tertiary/aromatic N) is 2. The Morgan fingerprint density at radius 3 is 2.40 bits per heavy atom. The van der Waals surface area contributed by atoms with Crippen molar-refractivity contribution in [1.82, 2.24) is 15.2 Å². The summed E-state index contributed by atoms with van der Waals surface area (Å²) in [6.07, 6.45) is 3.37. The van der Waals surface area contributed by atoms with E-state index < -0.39 is 0 Å². The third-order valence-corrected chi connectivity index (χ3v) is 4.67. The van der Waals surface area contributed by atoms with Gasteiger partial charge in [0.1, 0.15) is 0 Å². The molecule has 4 heteroatoms. The molecule has 0 unspecified atom stereocenters. The van der Waals surface area contributed by atoms with Crippen LogP contribution in [0.5, 0.6) is 0 Å². The Morgan fingerprint density at radius 1 is 1.15 bits per heavy atom. The van der Waals surface area contributed by atoms with Crippen LogP contribution in [0.4, 0.5) is 0 Å². The van der Waals surface area contributed by atoms with E-state index in [1.165, 1.54) is 22.0 Å². The largest absolute Gasteiger partial charge is 0.310 e. The monoisotopic (exact) mass is 297 g/mol. The third-order valence-electron chi connectivity index (χ3n) is 3.52. The van der Waals surface area contributed by atoms with Crippen LogP contribution in [0.15, 0.2) is 0 Å². The first-order valence-electron chi connectivity index (χ1n) is 8.03. The van der Waals surface area contributed by atoms with Crippen molar-refractivity contribution in [1.29, 1.82) is 0 Å². The lowest BCUT2D eigenvalue weighted by molar-refractivity contribution is 0.308. The minimum absolute atomic E-state index is 0.533. The number of aryl methyl sites for hydroxylation is 1. The highest BCUT2D eigenvalue weighted by molar-refractivity contribution is 7.11. The molecule has 0 spiro atoms. The molecule has 0 atom stereocenters. The smallest absolute Gasteiger partial charge is 0.0944 e. The maximum atomic E-state index is 4.87. The van der Waals surface area contributed by atoms with Gasteiger partial charge in [-0.1, -0.05) is 41.0 Å². The van der Waals surface area contributed by atoms with Crippen molar-refractivity contribution < 1.29 is 0 Å². The van der Waals surface area contributed by atoms with Crippen LogP contribution in [0, 0.1) is 0 Å². The number of thiazole rings is 1. The fourth-order valence-electron chi connectivity index (χ4n) is 2.20. The second-order valence-corrected chi connectivity index (χ2v) is 6.71. The first kappa shape index (κ1) is 17.6. The minimum atomic E-state index is 0.533. The van der Waals surface area contributed by atoms with Crippen molar-refractivity contribution in [2.24, 2.45) is 0 Å². The minimum Gasteiger partial charge on any atom is -0.310 e. The summed E-state index contributed by atoms with van der Waals surface area (Å²) in [5.41, 5.74) is 1.32. The molecule has 0 aliphatic heterocycles. The van der Waals surface area contributed by atoms with Crippen LogP contribution in [0.3, 0.4) is 0 Å². The van der Waals surface area contributed by atoms with E-state index in [-0.39, 0.29) is 0 Å². The molecule has 0 fully saturated rings. The van der Waals surface area contributed by atoms with Crippen LogP contribution < -0.4 is 5.32 Å². The average molecular weight is 298 g/mol. The zero-order chi connectivity index (χ0) is 15.0. The fourth-order valence-corrected chi connectivity index (χ4v) is 3.26. The van der Waals surface area contributed by atoms with Gasteiger partial charge in [-0.05, 0) is 19.5 Å². The molecule has 3 nitrogen and oxygen atoms in total. The Bertz CT molecular complexity index is 370. The summed E-state index contributed by atoms with van der Waals surface area (Å²) in [4.78, 5) is 8.78. The van der Waals surface area contributed by atoms with Gasteiger partial charge >= 0.3 is 0 Å². The highest BCUT2D eigenvalue weighted by Gasteiger charge is 2.11. The predicted molar refractivity (Wildman–Crippen MR) is 89.6 cm³/mol. The molecule has 1 rings (SSSR count). The Kier molecular flexibility index (Phi) is 8.34. The molecule has 116 valence electrons. The molecule has 0 saturated heterocycles. The van der Waals surface area contributed by atoms with E-state index in [1.807, 2.05) is 11.3 Å². The number of rotatable bonds is 10. The lowest BCUT2D eigenvalue weighted by atomic mass is 10.2. The van der Waals surface area contributed by atoms with Crippen molar-refractivity contribution in [2.45, 2.75) is 66.5 Å². The van der Waals surface area contributed by atoms with E-state index in [0.29, 0.717) is 6.04 Å². The number of hydrogen-bond acceptors (Lipinski definition) is 4. The Labute approximate surface area is 128 Å². The van der Waals surface area contributed by atoms with Crippen LogP contribution in [0.1, 0.15) is 56.6 Å². The van der Waals surface area contributed by atoms with Gasteiger partial charge in [-0.25, -0.2) is 4.98 Å². The van der Waals surface area contributed by atoms with Crippen molar-refractivity contribution in [3.63, 3.8) is 0 Å². The second-order valence-electron chi connectivity index (χ2n) is 5.54. The third kappa shape index (κ3) is 5.90. The van der Waals surface area contributed by atoms with Gasteiger partial charge in [0, 0.05) is 30.4 Å². The Hall–Kier alpha value is -0.450. The summed E-state index contributed by atoms with van der Waals surface area (Å²) < 4.78 is 0. The molecular formula is C16H31N3S. The van der Waals surface area contributed by atoms with Gasteiger partial charge in [0.05, 0.1) is 10.7 Å². The number of likely N-dealkylation sites (N-methyl/N-ethyl adjacent to an activating group) is 1. The van der Waals surface area contributed by atoms with E-state index in [1.54, 1.807) is 0 Å². The molecule has 1 N–H and O–H groups in total. The number of nitrogens with one attached hydrogen (secondary N) is 1. The second kappa shape index (κ2) is 9.48. The topological polar surface area (TPSA) is 28.2 Å². The SMILES string of the molecule is CCCc1nc(CCN(CC)CC)sc1CNC(C)C. The highest BCUT2D eigenvalue weighted by Crippen LogP contribution is 2.21. The summed E-state index contributed by atoms with van der Waals surface area (Å²) >= 11 is 1.90. The van der Waals surface area contributed by atoms with E-state index >= 15 is 0 Å². The first-order chi connectivity index (χ1) is 9.60. The average Bonchev–Trinajstić information content (AvgIpc) is 2.80. The van der Waals surface area contributed by atoms with Crippen molar-refractivity contribution in [2.75, 3.05) is 19.6 Å². The standard InChI is InChI=1S/C16H31N3S/c1-6-9-14-15(12-17-13(4)5)20-16(18-14)10-11-19(7-2)8-3/h13,17H,6-12H2,1-5H3. The maximum absolute atomic E-state index is 4.87. The molecule has 1 heterocycles. The van der Waals surface area contributed by atoms with E-state index in [0.717, 1.165) is 39.0 Å². The summed E-state index contributed by atoms with van der Waals surface area (Å²) in [5, 5.41) is 4.83. The molecular weight excluding hydrogens is 266 g/mol. The van der Waals surface area contributed by atoms with Gasteiger partial charge < -0.3 is 10.2 Å². The van der Waals surface area contributed by atoms with Crippen molar-refractivity contribution in [3.05, 3.63) is 15.6 Å². The van der Waals surface area contributed by atoms with Gasteiger partial charge in [-0.2, -0.15) is 0 Å². The lowest BCUT2D eigenvalue weighted by Crippen LogP contribution is -2.25. The van der Waals surface area contributed by atoms with Crippen LogP contribution in [-0.2, 0) is 19.4 Å². The summed E-state index contributed by atoms with van der Waals surface area (Å²) in [7, 11) is 0. The number of aromatic nitrogens is 1. The molecule has 1 aromatic heterocycles. The summed E-state index contributed by atoms with van der Waals surface area (Å²) in [6, 6.07) is 0.533. The molecule has 20 heavy (non-hydrogen) atoms. The van der Waals surface area contributed by atoms with Gasteiger partial charge in [-0.15, -0.1) is 11.3 Å². The van der Waals surface area contributed by atoms with Gasteiger partial charge in [0.15, 0.2) is 0 Å². The van der Waals surface area contributed by atoms with Crippen LogP contribution in [0.2, 0.25) is 0 Å². The molecule has 0 aliphatic rings. The van der Waals surface area contributed by atoms with Gasteiger partial charge in [-0.3, -0.25) is 0 Å².